The maximum absolute atomic E-state index is 8.97. The number of anilines is 1. The molecule has 1 unspecified atom stereocenters. The number of rotatable bonds is 2. The minimum atomic E-state index is 0.137. The Morgan fingerprint density at radius 2 is 2.26 bits per heavy atom. The van der Waals surface area contributed by atoms with Crippen molar-refractivity contribution >= 4 is 11.7 Å². The third-order valence-corrected chi connectivity index (χ3v) is 3.65. The van der Waals surface area contributed by atoms with Crippen molar-refractivity contribution in [2.75, 3.05) is 18.0 Å². The monoisotopic (exact) mass is 262 g/mol. The second-order valence-corrected chi connectivity index (χ2v) is 5.46. The first-order chi connectivity index (χ1) is 9.02. The number of aromatic nitrogens is 1. The van der Waals surface area contributed by atoms with Crippen LogP contribution in [0, 0.1) is 19.8 Å². The van der Waals surface area contributed by atoms with Crippen molar-refractivity contribution < 1.29 is 5.21 Å². The van der Waals surface area contributed by atoms with E-state index in [0.29, 0.717) is 5.92 Å². The summed E-state index contributed by atoms with van der Waals surface area (Å²) in [5.74, 6) is 1.63. The van der Waals surface area contributed by atoms with Crippen molar-refractivity contribution in [1.82, 2.24) is 4.98 Å². The fourth-order valence-electron chi connectivity index (χ4n) is 2.79. The molecule has 1 aromatic rings. The fraction of sp³-hybridized carbons (Fsp3) is 0.571. The third kappa shape index (κ3) is 2.80. The Balaban J connectivity index is 2.48. The van der Waals surface area contributed by atoms with Crippen LogP contribution in [-0.2, 0) is 0 Å². The van der Waals surface area contributed by atoms with E-state index in [0.717, 1.165) is 42.1 Å². The molecule has 0 aromatic carbocycles. The van der Waals surface area contributed by atoms with E-state index >= 15 is 0 Å². The molecule has 0 radical (unpaired) electrons. The molecule has 1 fully saturated rings. The van der Waals surface area contributed by atoms with Crippen LogP contribution in [0.5, 0.6) is 0 Å². The molecule has 3 N–H and O–H groups in total. The van der Waals surface area contributed by atoms with E-state index in [1.807, 2.05) is 19.9 Å². The topological polar surface area (TPSA) is 74.7 Å². The first-order valence-electron chi connectivity index (χ1n) is 6.74. The van der Waals surface area contributed by atoms with E-state index in [4.69, 9.17) is 10.9 Å². The van der Waals surface area contributed by atoms with Crippen molar-refractivity contribution in [2.45, 2.75) is 33.6 Å². The summed E-state index contributed by atoms with van der Waals surface area (Å²) in [6, 6.07) is 1.96. The Morgan fingerprint density at radius 3 is 2.89 bits per heavy atom. The molecular weight excluding hydrogens is 240 g/mol. The lowest BCUT2D eigenvalue weighted by Gasteiger charge is -2.33. The van der Waals surface area contributed by atoms with Crippen LogP contribution in [-0.4, -0.2) is 29.1 Å². The summed E-state index contributed by atoms with van der Waals surface area (Å²) in [5, 5.41) is 12.1. The lowest BCUT2D eigenvalue weighted by atomic mass is 9.99. The number of piperidine rings is 1. The predicted molar refractivity (Wildman–Crippen MR) is 76.8 cm³/mol. The molecule has 2 heterocycles. The molecule has 5 heteroatoms. The molecule has 1 aromatic heterocycles. The van der Waals surface area contributed by atoms with Crippen LogP contribution < -0.4 is 10.6 Å². The van der Waals surface area contributed by atoms with Gasteiger partial charge in [0.2, 0.25) is 0 Å². The Morgan fingerprint density at radius 1 is 1.53 bits per heavy atom. The number of oxime groups is 1. The van der Waals surface area contributed by atoms with Crippen LogP contribution in [0.2, 0.25) is 0 Å². The molecular formula is C14H22N4O. The van der Waals surface area contributed by atoms with Crippen molar-refractivity contribution in [2.24, 2.45) is 16.8 Å². The van der Waals surface area contributed by atoms with Crippen LogP contribution in [0.15, 0.2) is 11.2 Å². The van der Waals surface area contributed by atoms with Crippen molar-refractivity contribution in [3.63, 3.8) is 0 Å². The molecule has 2 rings (SSSR count). The number of pyridine rings is 1. The van der Waals surface area contributed by atoms with Gasteiger partial charge in [-0.2, -0.15) is 0 Å². The summed E-state index contributed by atoms with van der Waals surface area (Å²) < 4.78 is 0. The van der Waals surface area contributed by atoms with E-state index in [-0.39, 0.29) is 5.84 Å². The maximum atomic E-state index is 8.97. The van der Waals surface area contributed by atoms with Gasteiger partial charge in [-0.3, -0.25) is 0 Å². The summed E-state index contributed by atoms with van der Waals surface area (Å²) in [6.45, 7) is 8.14. The summed E-state index contributed by atoms with van der Waals surface area (Å²) >= 11 is 0. The average Bonchev–Trinajstić information content (AvgIpc) is 2.37. The molecule has 1 aliphatic heterocycles. The van der Waals surface area contributed by atoms with Crippen LogP contribution in [0.1, 0.15) is 36.6 Å². The van der Waals surface area contributed by atoms with Crippen LogP contribution in [0.3, 0.4) is 0 Å². The van der Waals surface area contributed by atoms with Gasteiger partial charge in [0, 0.05) is 18.8 Å². The first kappa shape index (κ1) is 13.6. The molecule has 0 aliphatic carbocycles. The number of aryl methyl sites for hydroxylation is 2. The standard InChI is InChI=1S/C14H22N4O/c1-9-5-4-6-18(8-9)14-12(13(15)17-19)10(2)7-11(3)16-14/h7,9,19H,4-6,8H2,1-3H3,(H2,15,17). The molecule has 19 heavy (non-hydrogen) atoms. The van der Waals surface area contributed by atoms with Gasteiger partial charge in [-0.05, 0) is 44.2 Å². The zero-order chi connectivity index (χ0) is 14.0. The molecule has 1 atom stereocenters. The van der Waals surface area contributed by atoms with E-state index in [2.05, 4.69) is 22.0 Å². The highest BCUT2D eigenvalue weighted by molar-refractivity contribution is 6.02. The minimum absolute atomic E-state index is 0.137. The molecule has 0 saturated carbocycles. The largest absolute Gasteiger partial charge is 0.409 e. The Hall–Kier alpha value is -1.78. The summed E-state index contributed by atoms with van der Waals surface area (Å²) in [4.78, 5) is 6.87. The molecule has 104 valence electrons. The maximum Gasteiger partial charge on any atom is 0.174 e. The van der Waals surface area contributed by atoms with Gasteiger partial charge in [0.15, 0.2) is 5.84 Å². The van der Waals surface area contributed by atoms with E-state index in [1.54, 1.807) is 0 Å². The van der Waals surface area contributed by atoms with Crippen LogP contribution >= 0.6 is 0 Å². The summed E-state index contributed by atoms with van der Waals surface area (Å²) in [7, 11) is 0. The second kappa shape index (κ2) is 5.47. The quantitative estimate of drug-likeness (QED) is 0.370. The molecule has 0 spiro atoms. The van der Waals surface area contributed by atoms with Gasteiger partial charge in [0.1, 0.15) is 5.82 Å². The normalized spacial score (nSPS) is 20.7. The van der Waals surface area contributed by atoms with Crippen LogP contribution in [0.25, 0.3) is 0 Å². The van der Waals surface area contributed by atoms with Gasteiger partial charge in [-0.1, -0.05) is 12.1 Å². The number of nitrogens with two attached hydrogens (primary N) is 1. The Bertz CT molecular complexity index is 498. The average molecular weight is 262 g/mol. The van der Waals surface area contributed by atoms with Gasteiger partial charge in [-0.15, -0.1) is 0 Å². The number of hydrogen-bond acceptors (Lipinski definition) is 4. The van der Waals surface area contributed by atoms with Crippen LogP contribution in [0.4, 0.5) is 5.82 Å². The number of amidine groups is 1. The van der Waals surface area contributed by atoms with Gasteiger partial charge in [0.25, 0.3) is 0 Å². The van der Waals surface area contributed by atoms with Crippen molar-refractivity contribution in [1.29, 1.82) is 0 Å². The highest BCUT2D eigenvalue weighted by Gasteiger charge is 2.23. The Kier molecular flexibility index (Phi) is 3.93. The van der Waals surface area contributed by atoms with E-state index < -0.39 is 0 Å². The first-order valence-corrected chi connectivity index (χ1v) is 6.74. The molecule has 5 nitrogen and oxygen atoms in total. The lowest BCUT2D eigenvalue weighted by Crippen LogP contribution is -2.37. The third-order valence-electron chi connectivity index (χ3n) is 3.65. The SMILES string of the molecule is Cc1cc(C)c(C(N)=NO)c(N2CCCC(C)C2)n1. The zero-order valence-electron chi connectivity index (χ0n) is 11.8. The van der Waals surface area contributed by atoms with Gasteiger partial charge >= 0.3 is 0 Å². The smallest absolute Gasteiger partial charge is 0.174 e. The van der Waals surface area contributed by atoms with Gasteiger partial charge in [-0.25, -0.2) is 4.98 Å². The highest BCUT2D eigenvalue weighted by Crippen LogP contribution is 2.27. The second-order valence-electron chi connectivity index (χ2n) is 5.46. The van der Waals surface area contributed by atoms with Gasteiger partial charge < -0.3 is 15.8 Å². The molecule has 0 amide bonds. The van der Waals surface area contributed by atoms with E-state index in [9.17, 15) is 0 Å². The van der Waals surface area contributed by atoms with E-state index in [1.165, 1.54) is 6.42 Å². The Labute approximate surface area is 114 Å². The van der Waals surface area contributed by atoms with Gasteiger partial charge in [0.05, 0.1) is 5.56 Å². The predicted octanol–water partition coefficient (Wildman–Crippen LogP) is 2.03. The number of nitrogens with zero attached hydrogens (tertiary/aromatic N) is 3. The summed E-state index contributed by atoms with van der Waals surface area (Å²) in [5.41, 5.74) is 8.53. The lowest BCUT2D eigenvalue weighted by molar-refractivity contribution is 0.318. The van der Waals surface area contributed by atoms with Crippen molar-refractivity contribution in [3.05, 3.63) is 22.9 Å². The molecule has 0 bridgehead atoms. The summed E-state index contributed by atoms with van der Waals surface area (Å²) in [6.07, 6.45) is 2.41. The van der Waals surface area contributed by atoms with Crippen molar-refractivity contribution in [3.8, 4) is 0 Å². The highest BCUT2D eigenvalue weighted by atomic mass is 16.4. The zero-order valence-corrected chi connectivity index (χ0v) is 11.8. The molecule has 1 saturated heterocycles. The fourth-order valence-corrected chi connectivity index (χ4v) is 2.79. The minimum Gasteiger partial charge on any atom is -0.409 e. The number of hydrogen-bond donors (Lipinski definition) is 2. The molecule has 1 aliphatic rings.